The van der Waals surface area contributed by atoms with Gasteiger partial charge in [0.1, 0.15) is 11.6 Å². The molecule has 0 aromatic heterocycles. The highest BCUT2D eigenvalue weighted by Crippen LogP contribution is 2.53. The first-order chi connectivity index (χ1) is 19.6. The molecule has 4 atom stereocenters. The van der Waals surface area contributed by atoms with E-state index in [9.17, 15) is 9.18 Å². The van der Waals surface area contributed by atoms with Crippen LogP contribution in [0.3, 0.4) is 0 Å². The highest BCUT2D eigenvalue weighted by molar-refractivity contribution is 5.96. The number of carbonyl (C=O) groups is 1. The van der Waals surface area contributed by atoms with Gasteiger partial charge in [0.2, 0.25) is 0 Å². The smallest absolute Gasteiger partial charge is 0.251 e. The number of halogens is 1. The molecule has 0 spiro atoms. The third kappa shape index (κ3) is 7.79. The van der Waals surface area contributed by atoms with Crippen LogP contribution in [0.1, 0.15) is 69.8 Å². The zero-order chi connectivity index (χ0) is 29.6. The SMILES string of the molecule is CCC(C[C@H]1C[C@@H](C)C1(C)C)N=C(Nc1ccc(C(=O)NCCc2ccc(OC)cc2F)cc1)N1CCN[C@@H](C)C1. The Morgan fingerprint density at radius 1 is 1.22 bits per heavy atom. The summed E-state index contributed by atoms with van der Waals surface area (Å²) in [5.41, 5.74) is 2.38. The van der Waals surface area contributed by atoms with Gasteiger partial charge >= 0.3 is 0 Å². The number of hydrogen-bond acceptors (Lipinski definition) is 4. The molecule has 4 rings (SSSR count). The maximum atomic E-state index is 14.2. The van der Waals surface area contributed by atoms with Crippen molar-refractivity contribution in [3.63, 3.8) is 0 Å². The van der Waals surface area contributed by atoms with Crippen LogP contribution in [0.5, 0.6) is 5.75 Å². The number of guanidine groups is 1. The van der Waals surface area contributed by atoms with Gasteiger partial charge in [-0.05, 0) is 85.8 Å². The fourth-order valence-corrected chi connectivity index (χ4v) is 5.91. The number of aliphatic imine (C=N–C) groups is 1. The van der Waals surface area contributed by atoms with Crippen LogP contribution < -0.4 is 20.7 Å². The number of methoxy groups -OCH3 is 1. The summed E-state index contributed by atoms with van der Waals surface area (Å²) in [4.78, 5) is 20.4. The topological polar surface area (TPSA) is 78.0 Å². The molecule has 1 unspecified atom stereocenters. The van der Waals surface area contributed by atoms with Crippen LogP contribution in [-0.2, 0) is 6.42 Å². The van der Waals surface area contributed by atoms with E-state index < -0.39 is 0 Å². The molecule has 41 heavy (non-hydrogen) atoms. The number of piperazine rings is 1. The lowest BCUT2D eigenvalue weighted by Crippen LogP contribution is -2.53. The van der Waals surface area contributed by atoms with Gasteiger partial charge in [-0.25, -0.2) is 9.38 Å². The van der Waals surface area contributed by atoms with Crippen LogP contribution in [0.15, 0.2) is 47.5 Å². The fourth-order valence-electron chi connectivity index (χ4n) is 5.91. The molecule has 7 nitrogen and oxygen atoms in total. The van der Waals surface area contributed by atoms with Crippen LogP contribution in [0.4, 0.5) is 10.1 Å². The molecule has 2 fully saturated rings. The average molecular weight is 566 g/mol. The minimum absolute atomic E-state index is 0.182. The highest BCUT2D eigenvalue weighted by Gasteiger charge is 2.45. The van der Waals surface area contributed by atoms with E-state index in [1.807, 2.05) is 24.3 Å². The quantitative estimate of drug-likeness (QED) is 0.254. The van der Waals surface area contributed by atoms with Crippen molar-refractivity contribution in [3.05, 3.63) is 59.4 Å². The van der Waals surface area contributed by atoms with Crippen molar-refractivity contribution >= 4 is 17.6 Å². The van der Waals surface area contributed by atoms with Crippen molar-refractivity contribution in [2.24, 2.45) is 22.2 Å². The molecule has 1 aliphatic carbocycles. The van der Waals surface area contributed by atoms with Gasteiger partial charge in [-0.3, -0.25) is 4.79 Å². The van der Waals surface area contributed by atoms with Crippen LogP contribution in [0, 0.1) is 23.1 Å². The van der Waals surface area contributed by atoms with Crippen molar-refractivity contribution < 1.29 is 13.9 Å². The standard InChI is InChI=1S/C33H48FN5O2/c1-7-27(19-26-18-22(2)33(26,4)5)37-32(39-17-16-35-23(3)21-39)38-28-11-8-25(9-12-28)31(40)36-15-14-24-10-13-29(41-6)20-30(24)34/h8-13,20,22-23,26-27,35H,7,14-19,21H2,1-6H3,(H,36,40)(H,37,38)/t22-,23+,26-,27?/m1/s1. The number of amides is 1. The average Bonchev–Trinajstić information content (AvgIpc) is 2.97. The first kappa shape index (κ1) is 30.8. The summed E-state index contributed by atoms with van der Waals surface area (Å²) in [7, 11) is 1.51. The Bertz CT molecular complexity index is 1200. The molecule has 2 aliphatic rings. The van der Waals surface area contributed by atoms with Crippen LogP contribution in [0.25, 0.3) is 0 Å². The third-order valence-electron chi connectivity index (χ3n) is 9.30. The normalized spacial score (nSPS) is 23.0. The summed E-state index contributed by atoms with van der Waals surface area (Å²) in [6.45, 7) is 14.6. The second kappa shape index (κ2) is 13.7. The molecule has 0 bridgehead atoms. The molecule has 2 aromatic rings. The van der Waals surface area contributed by atoms with Crippen molar-refractivity contribution in [2.45, 2.75) is 72.4 Å². The number of ether oxygens (including phenoxy) is 1. The first-order valence-electron chi connectivity index (χ1n) is 15.1. The molecule has 2 aromatic carbocycles. The number of hydrogen-bond donors (Lipinski definition) is 3. The lowest BCUT2D eigenvalue weighted by atomic mass is 9.54. The molecular weight excluding hydrogens is 517 g/mol. The summed E-state index contributed by atoms with van der Waals surface area (Å²) in [5, 5.41) is 10.0. The lowest BCUT2D eigenvalue weighted by molar-refractivity contribution is -0.0170. The zero-order valence-electron chi connectivity index (χ0n) is 25.6. The van der Waals surface area contributed by atoms with Gasteiger partial charge in [-0.15, -0.1) is 0 Å². The van der Waals surface area contributed by atoms with Gasteiger partial charge in [-0.1, -0.05) is 33.8 Å². The minimum Gasteiger partial charge on any atom is -0.497 e. The van der Waals surface area contributed by atoms with Crippen LogP contribution >= 0.6 is 0 Å². The number of anilines is 1. The fraction of sp³-hybridized carbons (Fsp3) is 0.576. The second-order valence-electron chi connectivity index (χ2n) is 12.4. The van der Waals surface area contributed by atoms with E-state index in [-0.39, 0.29) is 17.8 Å². The van der Waals surface area contributed by atoms with Gasteiger partial charge in [0.15, 0.2) is 5.96 Å². The summed E-state index contributed by atoms with van der Waals surface area (Å²) in [5.74, 6) is 2.34. The largest absolute Gasteiger partial charge is 0.497 e. The number of benzene rings is 2. The van der Waals surface area contributed by atoms with Gasteiger partial charge in [0.25, 0.3) is 5.91 Å². The molecule has 8 heteroatoms. The third-order valence-corrected chi connectivity index (χ3v) is 9.30. The first-order valence-corrected chi connectivity index (χ1v) is 15.1. The van der Waals surface area contributed by atoms with Crippen molar-refractivity contribution in [3.8, 4) is 5.75 Å². The Morgan fingerprint density at radius 3 is 2.59 bits per heavy atom. The molecular formula is C33H48FN5O2. The monoisotopic (exact) mass is 565 g/mol. The second-order valence-corrected chi connectivity index (χ2v) is 12.4. The van der Waals surface area contributed by atoms with Crippen LogP contribution in [-0.4, -0.2) is 62.1 Å². The van der Waals surface area contributed by atoms with E-state index in [0.717, 1.165) is 50.0 Å². The van der Waals surface area contributed by atoms with Crippen molar-refractivity contribution in [1.29, 1.82) is 0 Å². The number of nitrogens with zero attached hydrogens (tertiary/aromatic N) is 2. The van der Waals surface area contributed by atoms with Gasteiger partial charge in [0.05, 0.1) is 13.2 Å². The molecule has 1 aliphatic heterocycles. The summed E-state index contributed by atoms with van der Waals surface area (Å²) in [6, 6.07) is 12.9. The zero-order valence-corrected chi connectivity index (χ0v) is 25.6. The van der Waals surface area contributed by atoms with E-state index in [4.69, 9.17) is 9.73 Å². The number of carbonyl (C=O) groups excluding carboxylic acids is 1. The number of nitrogens with one attached hydrogen (secondary N) is 3. The van der Waals surface area contributed by atoms with Gasteiger partial charge in [0, 0.05) is 49.5 Å². The Hall–Kier alpha value is -3.13. The van der Waals surface area contributed by atoms with E-state index in [1.54, 1.807) is 12.1 Å². The Kier molecular flexibility index (Phi) is 10.3. The van der Waals surface area contributed by atoms with Crippen molar-refractivity contribution in [1.82, 2.24) is 15.5 Å². The Balaban J connectivity index is 1.39. The molecule has 1 saturated heterocycles. The highest BCUT2D eigenvalue weighted by atomic mass is 19.1. The van der Waals surface area contributed by atoms with E-state index in [1.165, 1.54) is 19.6 Å². The molecule has 1 amide bonds. The molecule has 0 radical (unpaired) electrons. The molecule has 3 N–H and O–H groups in total. The predicted molar refractivity (Wildman–Crippen MR) is 165 cm³/mol. The molecule has 1 heterocycles. The molecule has 224 valence electrons. The maximum Gasteiger partial charge on any atom is 0.251 e. The van der Waals surface area contributed by atoms with E-state index >= 15 is 0 Å². The predicted octanol–water partition coefficient (Wildman–Crippen LogP) is 5.72. The van der Waals surface area contributed by atoms with Gasteiger partial charge in [-0.2, -0.15) is 0 Å². The van der Waals surface area contributed by atoms with E-state index in [2.05, 4.69) is 55.5 Å². The minimum atomic E-state index is -0.332. The summed E-state index contributed by atoms with van der Waals surface area (Å²) in [6.07, 6.45) is 3.80. The Labute approximate surface area is 245 Å². The maximum absolute atomic E-state index is 14.2. The molecule has 1 saturated carbocycles. The Morgan fingerprint density at radius 2 is 1.98 bits per heavy atom. The number of rotatable bonds is 10. The van der Waals surface area contributed by atoms with Gasteiger partial charge < -0.3 is 25.6 Å². The summed E-state index contributed by atoms with van der Waals surface area (Å²) < 4.78 is 19.3. The van der Waals surface area contributed by atoms with Crippen molar-refractivity contribution in [2.75, 3.05) is 38.6 Å². The van der Waals surface area contributed by atoms with E-state index in [0.29, 0.717) is 47.2 Å². The summed E-state index contributed by atoms with van der Waals surface area (Å²) >= 11 is 0. The van der Waals surface area contributed by atoms with Crippen LogP contribution in [0.2, 0.25) is 0 Å². The lowest BCUT2D eigenvalue weighted by Gasteiger charge is -2.52.